The third-order valence-electron chi connectivity index (χ3n) is 3.34. The summed E-state index contributed by atoms with van der Waals surface area (Å²) < 4.78 is 0. The Kier molecular flexibility index (Phi) is 5.05. The van der Waals surface area contributed by atoms with Crippen molar-refractivity contribution in [1.82, 2.24) is 10.3 Å². The molecule has 0 spiro atoms. The molecule has 20 heavy (non-hydrogen) atoms. The quantitative estimate of drug-likeness (QED) is 0.526. The van der Waals surface area contributed by atoms with Crippen molar-refractivity contribution in [3.05, 3.63) is 33.1 Å². The molecule has 0 aliphatic rings. The number of nitro groups is 1. The maximum Gasteiger partial charge on any atom is 0.300 e. The summed E-state index contributed by atoms with van der Waals surface area (Å²) in [4.78, 5) is 25.9. The number of carbonyl (C=O) groups excluding carboxylic acids is 1. The van der Waals surface area contributed by atoms with Gasteiger partial charge in [-0.05, 0) is 17.4 Å². The Balaban J connectivity index is 2.88. The summed E-state index contributed by atoms with van der Waals surface area (Å²) in [5.41, 5.74) is -0.388. The molecule has 1 unspecified atom stereocenters. The third-order valence-corrected chi connectivity index (χ3v) is 3.54. The summed E-state index contributed by atoms with van der Waals surface area (Å²) >= 11 is 5.69. The fraction of sp³-hybridized carbons (Fsp3) is 0.538. The van der Waals surface area contributed by atoms with Crippen molar-refractivity contribution in [2.24, 2.45) is 11.3 Å². The summed E-state index contributed by atoms with van der Waals surface area (Å²) in [5.74, 6) is -0.292. The number of hydrogen-bond acceptors (Lipinski definition) is 4. The van der Waals surface area contributed by atoms with Crippen LogP contribution in [0.3, 0.4) is 0 Å². The maximum atomic E-state index is 12.1. The van der Waals surface area contributed by atoms with Gasteiger partial charge in [0.25, 0.3) is 11.6 Å². The molecule has 0 saturated heterocycles. The minimum atomic E-state index is -0.647. The Morgan fingerprint density at radius 1 is 1.55 bits per heavy atom. The molecule has 0 saturated carbocycles. The van der Waals surface area contributed by atoms with Crippen LogP contribution >= 0.6 is 11.6 Å². The van der Waals surface area contributed by atoms with E-state index >= 15 is 0 Å². The molecule has 6 nitrogen and oxygen atoms in total. The van der Waals surface area contributed by atoms with E-state index in [4.69, 9.17) is 11.6 Å². The number of hydrogen-bond donors (Lipinski definition) is 1. The molecule has 1 N–H and O–H groups in total. The highest BCUT2D eigenvalue weighted by Gasteiger charge is 2.24. The highest BCUT2D eigenvalue weighted by molar-refractivity contribution is 6.29. The van der Waals surface area contributed by atoms with Crippen LogP contribution in [0.4, 0.5) is 5.69 Å². The van der Waals surface area contributed by atoms with Gasteiger partial charge in [0, 0.05) is 6.54 Å². The summed E-state index contributed by atoms with van der Waals surface area (Å²) in [6.45, 7) is 8.63. The van der Waals surface area contributed by atoms with E-state index in [0.717, 1.165) is 6.20 Å². The first-order chi connectivity index (χ1) is 9.12. The smallest absolute Gasteiger partial charge is 0.300 e. The van der Waals surface area contributed by atoms with Crippen molar-refractivity contribution in [1.29, 1.82) is 0 Å². The van der Waals surface area contributed by atoms with Gasteiger partial charge in [-0.25, -0.2) is 4.98 Å². The van der Waals surface area contributed by atoms with Gasteiger partial charge in [0.2, 0.25) is 0 Å². The molecule has 1 aromatic heterocycles. The Hall–Kier alpha value is -1.69. The first-order valence-corrected chi connectivity index (χ1v) is 6.59. The standard InChI is InChI=1S/C13H18ClN3O3/c1-8(13(2,3)4)6-16-12(18)9-5-11(14)15-7-10(9)17(19)20/h5,7-8H,6H2,1-4H3,(H,16,18). The van der Waals surface area contributed by atoms with Crippen LogP contribution < -0.4 is 5.32 Å². The molecule has 1 amide bonds. The van der Waals surface area contributed by atoms with Crippen molar-refractivity contribution in [3.63, 3.8) is 0 Å². The number of aromatic nitrogens is 1. The molecule has 0 fully saturated rings. The van der Waals surface area contributed by atoms with E-state index in [-0.39, 0.29) is 27.7 Å². The third kappa shape index (κ3) is 4.16. The molecule has 110 valence electrons. The van der Waals surface area contributed by atoms with Crippen LogP contribution in [0.25, 0.3) is 0 Å². The van der Waals surface area contributed by atoms with Crippen molar-refractivity contribution >= 4 is 23.2 Å². The van der Waals surface area contributed by atoms with Crippen LogP contribution in [-0.4, -0.2) is 22.4 Å². The summed E-state index contributed by atoms with van der Waals surface area (Å²) in [7, 11) is 0. The second-order valence-corrected chi connectivity index (χ2v) is 6.15. The lowest BCUT2D eigenvalue weighted by Gasteiger charge is -2.27. The van der Waals surface area contributed by atoms with E-state index in [1.807, 2.05) is 6.92 Å². The van der Waals surface area contributed by atoms with Gasteiger partial charge in [-0.3, -0.25) is 14.9 Å². The average molecular weight is 300 g/mol. The Bertz CT molecular complexity index is 526. The van der Waals surface area contributed by atoms with E-state index in [1.165, 1.54) is 6.07 Å². The van der Waals surface area contributed by atoms with Crippen LogP contribution in [0.5, 0.6) is 0 Å². The van der Waals surface area contributed by atoms with Crippen LogP contribution in [0.15, 0.2) is 12.3 Å². The lowest BCUT2D eigenvalue weighted by Crippen LogP contribution is -2.34. The molecule has 0 aliphatic heterocycles. The molecule has 0 aromatic carbocycles. The first kappa shape index (κ1) is 16.4. The van der Waals surface area contributed by atoms with E-state index < -0.39 is 10.8 Å². The molecular weight excluding hydrogens is 282 g/mol. The lowest BCUT2D eigenvalue weighted by atomic mass is 9.82. The highest BCUT2D eigenvalue weighted by Crippen LogP contribution is 2.25. The number of halogens is 1. The second kappa shape index (κ2) is 6.17. The number of carbonyl (C=O) groups is 1. The van der Waals surface area contributed by atoms with Crippen LogP contribution in [-0.2, 0) is 0 Å². The Morgan fingerprint density at radius 3 is 2.65 bits per heavy atom. The molecule has 1 aromatic rings. The Labute approximate surface area is 122 Å². The molecule has 7 heteroatoms. The number of nitrogens with zero attached hydrogens (tertiary/aromatic N) is 2. The molecule has 1 rings (SSSR count). The van der Waals surface area contributed by atoms with Gasteiger partial charge >= 0.3 is 0 Å². The van der Waals surface area contributed by atoms with Crippen molar-refractivity contribution in [2.75, 3.05) is 6.54 Å². The van der Waals surface area contributed by atoms with Crippen LogP contribution in [0, 0.1) is 21.4 Å². The molecule has 1 heterocycles. The predicted octanol–water partition coefficient (Wildman–Crippen LogP) is 3.06. The van der Waals surface area contributed by atoms with E-state index in [1.54, 1.807) is 0 Å². The molecule has 1 atom stereocenters. The van der Waals surface area contributed by atoms with Gasteiger partial charge in [-0.15, -0.1) is 0 Å². The zero-order chi connectivity index (χ0) is 15.5. The van der Waals surface area contributed by atoms with Crippen molar-refractivity contribution < 1.29 is 9.72 Å². The SMILES string of the molecule is CC(CNC(=O)c1cc(Cl)ncc1[N+](=O)[O-])C(C)(C)C. The van der Waals surface area contributed by atoms with Crippen molar-refractivity contribution in [3.8, 4) is 0 Å². The van der Waals surface area contributed by atoms with Gasteiger partial charge in [0.1, 0.15) is 16.9 Å². The number of rotatable bonds is 4. The number of amides is 1. The van der Waals surface area contributed by atoms with Crippen LogP contribution in [0.1, 0.15) is 38.1 Å². The monoisotopic (exact) mass is 299 g/mol. The molecule has 0 radical (unpaired) electrons. The lowest BCUT2D eigenvalue weighted by molar-refractivity contribution is -0.385. The summed E-state index contributed by atoms with van der Waals surface area (Å²) in [6, 6.07) is 1.21. The predicted molar refractivity (Wildman–Crippen MR) is 76.9 cm³/mol. The number of pyridine rings is 1. The second-order valence-electron chi connectivity index (χ2n) is 5.76. The van der Waals surface area contributed by atoms with Gasteiger partial charge < -0.3 is 5.32 Å². The average Bonchev–Trinajstić information content (AvgIpc) is 2.33. The fourth-order valence-corrected chi connectivity index (χ4v) is 1.56. The Morgan fingerprint density at radius 2 is 2.15 bits per heavy atom. The maximum absolute atomic E-state index is 12.1. The topological polar surface area (TPSA) is 85.1 Å². The first-order valence-electron chi connectivity index (χ1n) is 6.21. The molecule has 0 bridgehead atoms. The van der Waals surface area contributed by atoms with Gasteiger partial charge in [0.05, 0.1) is 4.92 Å². The van der Waals surface area contributed by atoms with Gasteiger partial charge in [-0.1, -0.05) is 39.3 Å². The summed E-state index contributed by atoms with van der Waals surface area (Å²) in [6.07, 6.45) is 0.991. The number of nitrogens with one attached hydrogen (secondary N) is 1. The molecular formula is C13H18ClN3O3. The normalized spacial score (nSPS) is 12.8. The van der Waals surface area contributed by atoms with Crippen molar-refractivity contribution in [2.45, 2.75) is 27.7 Å². The largest absolute Gasteiger partial charge is 0.352 e. The minimum Gasteiger partial charge on any atom is -0.352 e. The van der Waals surface area contributed by atoms with Crippen LogP contribution in [0.2, 0.25) is 5.15 Å². The highest BCUT2D eigenvalue weighted by atomic mass is 35.5. The van der Waals surface area contributed by atoms with E-state index in [2.05, 4.69) is 31.1 Å². The van der Waals surface area contributed by atoms with E-state index in [0.29, 0.717) is 6.54 Å². The fourth-order valence-electron chi connectivity index (χ4n) is 1.40. The van der Waals surface area contributed by atoms with Gasteiger partial charge in [0.15, 0.2) is 0 Å². The zero-order valence-electron chi connectivity index (χ0n) is 11.9. The van der Waals surface area contributed by atoms with Gasteiger partial charge in [-0.2, -0.15) is 0 Å². The zero-order valence-corrected chi connectivity index (χ0v) is 12.7. The summed E-state index contributed by atoms with van der Waals surface area (Å²) in [5, 5.41) is 13.6. The van der Waals surface area contributed by atoms with E-state index in [9.17, 15) is 14.9 Å². The molecule has 0 aliphatic carbocycles. The minimum absolute atomic E-state index is 0.0368.